The van der Waals surface area contributed by atoms with Crippen LogP contribution in [0.2, 0.25) is 0 Å². The molecule has 2 amide bonds. The van der Waals surface area contributed by atoms with Crippen LogP contribution in [0.15, 0.2) is 48.5 Å². The van der Waals surface area contributed by atoms with Crippen molar-refractivity contribution in [1.29, 1.82) is 0 Å². The van der Waals surface area contributed by atoms with Crippen LogP contribution in [0.1, 0.15) is 32.1 Å². The fourth-order valence-corrected chi connectivity index (χ4v) is 4.17. The first-order valence-electron chi connectivity index (χ1n) is 9.91. The van der Waals surface area contributed by atoms with E-state index in [2.05, 4.69) is 39.5 Å². The maximum Gasteiger partial charge on any atom is 0.315 e. The van der Waals surface area contributed by atoms with Gasteiger partial charge >= 0.3 is 6.03 Å². The monoisotopic (exact) mass is 365 g/mol. The molecule has 0 saturated heterocycles. The van der Waals surface area contributed by atoms with Gasteiger partial charge in [-0.1, -0.05) is 55.7 Å². The van der Waals surface area contributed by atoms with Gasteiger partial charge in [-0.05, 0) is 25.0 Å². The largest absolute Gasteiger partial charge is 0.389 e. The number of urea groups is 1. The highest BCUT2D eigenvalue weighted by Crippen LogP contribution is 2.28. The average Bonchev–Trinajstić information content (AvgIpc) is 3.01. The molecule has 3 N–H and O–H groups in total. The Morgan fingerprint density at radius 2 is 1.59 bits per heavy atom. The second-order valence-corrected chi connectivity index (χ2v) is 7.49. The van der Waals surface area contributed by atoms with Gasteiger partial charge in [0.2, 0.25) is 0 Å². The van der Waals surface area contributed by atoms with E-state index < -0.39 is 6.10 Å². The third kappa shape index (κ3) is 3.93. The van der Waals surface area contributed by atoms with Gasteiger partial charge < -0.3 is 20.3 Å². The lowest BCUT2D eigenvalue weighted by molar-refractivity contribution is 0.153. The van der Waals surface area contributed by atoms with Crippen molar-refractivity contribution in [2.75, 3.05) is 6.54 Å². The number of carbonyl (C=O) groups is 1. The van der Waals surface area contributed by atoms with Crippen LogP contribution in [0.25, 0.3) is 21.8 Å². The topological polar surface area (TPSA) is 66.3 Å². The van der Waals surface area contributed by atoms with Gasteiger partial charge in [-0.3, -0.25) is 0 Å². The first-order valence-corrected chi connectivity index (χ1v) is 9.91. The van der Waals surface area contributed by atoms with Gasteiger partial charge in [-0.15, -0.1) is 0 Å². The lowest BCUT2D eigenvalue weighted by Crippen LogP contribution is -2.45. The van der Waals surface area contributed by atoms with E-state index in [0.717, 1.165) is 23.9 Å². The zero-order valence-electron chi connectivity index (χ0n) is 15.5. The molecule has 1 aliphatic rings. The minimum atomic E-state index is -0.652. The van der Waals surface area contributed by atoms with Crippen LogP contribution in [-0.2, 0) is 6.54 Å². The Balaban J connectivity index is 1.42. The van der Waals surface area contributed by atoms with E-state index in [1.807, 2.05) is 24.3 Å². The van der Waals surface area contributed by atoms with Crippen LogP contribution in [0.3, 0.4) is 0 Å². The van der Waals surface area contributed by atoms with Crippen molar-refractivity contribution < 1.29 is 9.90 Å². The van der Waals surface area contributed by atoms with Gasteiger partial charge in [-0.25, -0.2) is 4.79 Å². The van der Waals surface area contributed by atoms with Gasteiger partial charge in [0.25, 0.3) is 0 Å². The minimum Gasteiger partial charge on any atom is -0.389 e. The summed E-state index contributed by atoms with van der Waals surface area (Å²) in [5.41, 5.74) is 2.20. The molecule has 0 spiro atoms. The summed E-state index contributed by atoms with van der Waals surface area (Å²) in [6.07, 6.45) is 5.08. The van der Waals surface area contributed by atoms with Crippen LogP contribution >= 0.6 is 0 Å². The summed E-state index contributed by atoms with van der Waals surface area (Å²) in [6.45, 7) is 0.678. The summed E-state index contributed by atoms with van der Waals surface area (Å²) in [4.78, 5) is 12.1. The number of aliphatic hydroxyl groups is 1. The van der Waals surface area contributed by atoms with Gasteiger partial charge in [0, 0.05) is 34.4 Å². The molecule has 5 heteroatoms. The Kier molecular flexibility index (Phi) is 5.30. The second-order valence-electron chi connectivity index (χ2n) is 7.49. The number of nitrogens with zero attached hydrogens (tertiary/aromatic N) is 1. The number of nitrogens with one attached hydrogen (secondary N) is 2. The molecule has 142 valence electrons. The molecule has 1 atom stereocenters. The molecule has 0 aliphatic heterocycles. The highest BCUT2D eigenvalue weighted by Gasteiger charge is 2.17. The molecule has 1 saturated carbocycles. The van der Waals surface area contributed by atoms with Gasteiger partial charge in [0.15, 0.2) is 0 Å². The number of aliphatic hydroxyl groups excluding tert-OH is 1. The van der Waals surface area contributed by atoms with Gasteiger partial charge in [0.1, 0.15) is 0 Å². The van der Waals surface area contributed by atoms with Crippen LogP contribution < -0.4 is 10.6 Å². The number of hydrogen-bond donors (Lipinski definition) is 3. The van der Waals surface area contributed by atoms with Crippen molar-refractivity contribution in [1.82, 2.24) is 15.2 Å². The lowest BCUT2D eigenvalue weighted by Gasteiger charge is -2.23. The molecule has 1 aliphatic carbocycles. The zero-order valence-corrected chi connectivity index (χ0v) is 15.5. The van der Waals surface area contributed by atoms with E-state index >= 15 is 0 Å². The molecule has 27 heavy (non-hydrogen) atoms. The molecule has 1 heterocycles. The predicted molar refractivity (Wildman–Crippen MR) is 109 cm³/mol. The Morgan fingerprint density at radius 1 is 1.00 bits per heavy atom. The Bertz CT molecular complexity index is 874. The average molecular weight is 365 g/mol. The zero-order chi connectivity index (χ0) is 18.6. The number of para-hydroxylation sites is 2. The van der Waals surface area contributed by atoms with Crippen LogP contribution in [0, 0.1) is 0 Å². The second kappa shape index (κ2) is 8.01. The molecule has 4 rings (SSSR count). The number of carbonyl (C=O) groups excluding carboxylic acids is 1. The molecular weight excluding hydrogens is 338 g/mol. The van der Waals surface area contributed by atoms with Crippen molar-refractivity contribution in [3.63, 3.8) is 0 Å². The SMILES string of the molecule is O=C(NC[C@H](O)Cn1c2ccccc2c2ccccc21)NC1CCCCC1. The summed E-state index contributed by atoms with van der Waals surface area (Å²) in [7, 11) is 0. The molecule has 0 unspecified atom stereocenters. The maximum absolute atomic E-state index is 12.1. The highest BCUT2D eigenvalue weighted by atomic mass is 16.3. The fourth-order valence-electron chi connectivity index (χ4n) is 4.17. The van der Waals surface area contributed by atoms with Crippen LogP contribution in [0.5, 0.6) is 0 Å². The standard InChI is InChI=1S/C22H27N3O2/c26-17(14-23-22(27)24-16-8-2-1-3-9-16)15-25-20-12-6-4-10-18(20)19-11-5-7-13-21(19)25/h4-7,10-13,16-17,26H,1-3,8-9,14-15H2,(H2,23,24,27)/t17-/m0/s1. The number of benzene rings is 2. The maximum atomic E-state index is 12.1. The van der Waals surface area contributed by atoms with Crippen LogP contribution in [0.4, 0.5) is 4.79 Å². The van der Waals surface area contributed by atoms with Crippen molar-refractivity contribution >= 4 is 27.8 Å². The summed E-state index contributed by atoms with van der Waals surface area (Å²) in [5.74, 6) is 0. The summed E-state index contributed by atoms with van der Waals surface area (Å²) >= 11 is 0. The number of amides is 2. The molecule has 0 radical (unpaired) electrons. The minimum absolute atomic E-state index is 0.178. The summed E-state index contributed by atoms with van der Waals surface area (Å²) in [5, 5.41) is 18.7. The number of aromatic nitrogens is 1. The quantitative estimate of drug-likeness (QED) is 0.644. The lowest BCUT2D eigenvalue weighted by atomic mass is 9.96. The first kappa shape index (κ1) is 17.9. The predicted octanol–water partition coefficient (Wildman–Crippen LogP) is 3.79. The number of rotatable bonds is 5. The normalized spacial score (nSPS) is 16.5. The van der Waals surface area contributed by atoms with Gasteiger partial charge in [0.05, 0.1) is 12.6 Å². The van der Waals surface area contributed by atoms with Crippen molar-refractivity contribution in [2.45, 2.75) is 50.8 Å². The summed E-state index contributed by atoms with van der Waals surface area (Å²) < 4.78 is 2.13. The Labute approximate surface area is 159 Å². The summed E-state index contributed by atoms with van der Waals surface area (Å²) in [6, 6.07) is 16.6. The smallest absolute Gasteiger partial charge is 0.315 e. The van der Waals surface area contributed by atoms with E-state index in [1.165, 1.54) is 30.0 Å². The third-order valence-electron chi connectivity index (χ3n) is 5.51. The number of fused-ring (bicyclic) bond motifs is 3. The molecule has 3 aromatic rings. The molecule has 0 bridgehead atoms. The molecule has 1 aromatic heterocycles. The molecule has 2 aromatic carbocycles. The van der Waals surface area contributed by atoms with E-state index in [4.69, 9.17) is 0 Å². The molecular formula is C22H27N3O2. The van der Waals surface area contributed by atoms with Crippen molar-refractivity contribution in [3.8, 4) is 0 Å². The van der Waals surface area contributed by atoms with Crippen LogP contribution in [-0.4, -0.2) is 34.4 Å². The van der Waals surface area contributed by atoms with E-state index in [0.29, 0.717) is 6.54 Å². The Morgan fingerprint density at radius 3 is 2.22 bits per heavy atom. The van der Waals surface area contributed by atoms with E-state index in [1.54, 1.807) is 0 Å². The van der Waals surface area contributed by atoms with E-state index in [9.17, 15) is 9.90 Å². The van der Waals surface area contributed by atoms with Crippen molar-refractivity contribution in [3.05, 3.63) is 48.5 Å². The van der Waals surface area contributed by atoms with Crippen molar-refractivity contribution in [2.24, 2.45) is 0 Å². The molecule has 5 nitrogen and oxygen atoms in total. The highest BCUT2D eigenvalue weighted by molar-refractivity contribution is 6.07. The van der Waals surface area contributed by atoms with E-state index in [-0.39, 0.29) is 18.6 Å². The first-order chi connectivity index (χ1) is 13.2. The fraction of sp³-hybridized carbons (Fsp3) is 0.409. The number of hydrogen-bond acceptors (Lipinski definition) is 2. The third-order valence-corrected chi connectivity index (χ3v) is 5.51. The Hall–Kier alpha value is -2.53. The van der Waals surface area contributed by atoms with Gasteiger partial charge in [-0.2, -0.15) is 0 Å². The molecule has 1 fully saturated rings.